The molecule has 0 N–H and O–H groups in total. The van der Waals surface area contributed by atoms with E-state index < -0.39 is 6.36 Å². The Hall–Kier alpha value is -1.39. The predicted molar refractivity (Wildman–Crippen MR) is 73.3 cm³/mol. The molecule has 1 aliphatic heterocycles. The molecule has 2 rings (SSSR count). The monoisotopic (exact) mass is 287 g/mol. The van der Waals surface area contributed by atoms with Gasteiger partial charge in [-0.2, -0.15) is 0 Å². The Morgan fingerprint density at radius 1 is 1.25 bits per heavy atom. The average molecular weight is 287 g/mol. The number of nitrogens with zero attached hydrogens (tertiary/aromatic N) is 1. The summed E-state index contributed by atoms with van der Waals surface area (Å²) in [6, 6.07) is 5.20. The van der Waals surface area contributed by atoms with Gasteiger partial charge in [-0.25, -0.2) is 0 Å². The molecule has 0 amide bonds. The van der Waals surface area contributed by atoms with Crippen LogP contribution in [-0.2, 0) is 0 Å². The summed E-state index contributed by atoms with van der Waals surface area (Å²) in [5, 5.41) is 0. The normalized spacial score (nSPS) is 17.4. The van der Waals surface area contributed by atoms with Crippen molar-refractivity contribution in [2.45, 2.75) is 45.4 Å². The lowest BCUT2D eigenvalue weighted by molar-refractivity contribution is -0.274. The Balaban J connectivity index is 2.34. The van der Waals surface area contributed by atoms with E-state index in [-0.39, 0.29) is 11.7 Å². The van der Waals surface area contributed by atoms with Crippen LogP contribution in [-0.4, -0.2) is 19.5 Å². The van der Waals surface area contributed by atoms with Crippen molar-refractivity contribution < 1.29 is 17.9 Å². The third kappa shape index (κ3) is 3.58. The molecule has 0 aliphatic carbocycles. The van der Waals surface area contributed by atoms with E-state index in [0.717, 1.165) is 37.9 Å². The van der Waals surface area contributed by atoms with Crippen LogP contribution in [0.3, 0.4) is 0 Å². The maximum absolute atomic E-state index is 12.6. The molecule has 112 valence electrons. The molecule has 1 aliphatic rings. The van der Waals surface area contributed by atoms with Crippen molar-refractivity contribution in [1.29, 1.82) is 0 Å². The molecule has 1 atom stereocenters. The second-order valence-corrected chi connectivity index (χ2v) is 5.28. The van der Waals surface area contributed by atoms with Crippen molar-refractivity contribution in [3.8, 4) is 5.75 Å². The Labute approximate surface area is 117 Å². The summed E-state index contributed by atoms with van der Waals surface area (Å²) in [5.74, 6) is 0.149. The molecule has 0 spiro atoms. The highest BCUT2D eigenvalue weighted by Gasteiger charge is 2.33. The maximum Gasteiger partial charge on any atom is 0.573 e. The minimum Gasteiger partial charge on any atom is -0.404 e. The highest BCUT2D eigenvalue weighted by Crippen LogP contribution is 2.37. The Morgan fingerprint density at radius 3 is 2.45 bits per heavy atom. The fourth-order valence-corrected chi connectivity index (χ4v) is 2.50. The van der Waals surface area contributed by atoms with Gasteiger partial charge in [0.2, 0.25) is 0 Å². The van der Waals surface area contributed by atoms with E-state index in [9.17, 15) is 13.2 Å². The molecule has 20 heavy (non-hydrogen) atoms. The van der Waals surface area contributed by atoms with Crippen molar-refractivity contribution in [3.05, 3.63) is 23.8 Å². The SMILES string of the molecule is CCC(C)c1ccc(N2CCCC2)c(OC(F)(F)F)c1. The molecule has 0 radical (unpaired) electrons. The second-order valence-electron chi connectivity index (χ2n) is 5.28. The van der Waals surface area contributed by atoms with Crippen LogP contribution >= 0.6 is 0 Å². The summed E-state index contributed by atoms with van der Waals surface area (Å²) in [6.07, 6.45) is -1.74. The summed E-state index contributed by atoms with van der Waals surface area (Å²) in [6.45, 7) is 5.60. The van der Waals surface area contributed by atoms with Crippen molar-refractivity contribution in [2.24, 2.45) is 0 Å². The van der Waals surface area contributed by atoms with Gasteiger partial charge in [0.1, 0.15) is 0 Å². The molecule has 2 nitrogen and oxygen atoms in total. The van der Waals surface area contributed by atoms with E-state index in [1.165, 1.54) is 6.07 Å². The molecule has 1 fully saturated rings. The number of benzene rings is 1. The fraction of sp³-hybridized carbons (Fsp3) is 0.600. The molecule has 0 saturated carbocycles. The van der Waals surface area contributed by atoms with Crippen LogP contribution in [0.25, 0.3) is 0 Å². The first-order valence-electron chi connectivity index (χ1n) is 7.05. The van der Waals surface area contributed by atoms with Crippen molar-refractivity contribution in [1.82, 2.24) is 0 Å². The lowest BCUT2D eigenvalue weighted by atomic mass is 9.98. The molecule has 1 unspecified atom stereocenters. The molecule has 0 bridgehead atoms. The van der Waals surface area contributed by atoms with Crippen molar-refractivity contribution in [3.63, 3.8) is 0 Å². The van der Waals surface area contributed by atoms with E-state index in [0.29, 0.717) is 5.69 Å². The average Bonchev–Trinajstić information content (AvgIpc) is 2.89. The molecule has 1 aromatic carbocycles. The number of anilines is 1. The van der Waals surface area contributed by atoms with Crippen molar-refractivity contribution in [2.75, 3.05) is 18.0 Å². The Kier molecular flexibility index (Phi) is 4.45. The van der Waals surface area contributed by atoms with Gasteiger partial charge in [-0.05, 0) is 42.9 Å². The fourth-order valence-electron chi connectivity index (χ4n) is 2.50. The summed E-state index contributed by atoms with van der Waals surface area (Å²) >= 11 is 0. The first-order chi connectivity index (χ1) is 9.40. The van der Waals surface area contributed by atoms with Crippen LogP contribution in [0.15, 0.2) is 18.2 Å². The van der Waals surface area contributed by atoms with Crippen LogP contribution in [0.5, 0.6) is 5.75 Å². The molecule has 1 heterocycles. The Bertz CT molecular complexity index is 453. The van der Waals surface area contributed by atoms with Crippen molar-refractivity contribution >= 4 is 5.69 Å². The highest BCUT2D eigenvalue weighted by molar-refractivity contribution is 5.60. The van der Waals surface area contributed by atoms with E-state index in [4.69, 9.17) is 0 Å². The van der Waals surface area contributed by atoms with Crippen LogP contribution in [0.2, 0.25) is 0 Å². The van der Waals surface area contributed by atoms with Gasteiger partial charge in [-0.3, -0.25) is 0 Å². The minimum absolute atomic E-state index is 0.0720. The maximum atomic E-state index is 12.6. The molecular weight excluding hydrogens is 267 g/mol. The van der Waals surface area contributed by atoms with Crippen LogP contribution in [0.1, 0.15) is 44.6 Å². The number of hydrogen-bond donors (Lipinski definition) is 0. The number of ether oxygens (including phenoxy) is 1. The zero-order chi connectivity index (χ0) is 14.8. The third-order valence-electron chi connectivity index (χ3n) is 3.84. The van der Waals surface area contributed by atoms with Gasteiger partial charge in [0, 0.05) is 13.1 Å². The number of alkyl halides is 3. The smallest absolute Gasteiger partial charge is 0.404 e. The molecule has 0 aromatic heterocycles. The van der Waals surface area contributed by atoms with E-state index in [1.807, 2.05) is 24.8 Å². The first kappa shape index (κ1) is 15.0. The lowest BCUT2D eigenvalue weighted by Crippen LogP contribution is -2.23. The number of hydrogen-bond acceptors (Lipinski definition) is 2. The van der Waals surface area contributed by atoms with Gasteiger partial charge in [0.25, 0.3) is 0 Å². The standard InChI is InChI=1S/C15H20F3NO/c1-3-11(2)12-6-7-13(19-8-4-5-9-19)14(10-12)20-15(16,17)18/h6-7,10-11H,3-5,8-9H2,1-2H3. The minimum atomic E-state index is -4.65. The lowest BCUT2D eigenvalue weighted by Gasteiger charge is -2.23. The zero-order valence-electron chi connectivity index (χ0n) is 11.8. The van der Waals surface area contributed by atoms with E-state index in [1.54, 1.807) is 6.07 Å². The van der Waals surface area contributed by atoms with Gasteiger partial charge in [-0.1, -0.05) is 19.9 Å². The molecule has 5 heteroatoms. The summed E-state index contributed by atoms with van der Waals surface area (Å²) in [7, 11) is 0. The van der Waals surface area contributed by atoms with Crippen LogP contribution in [0.4, 0.5) is 18.9 Å². The summed E-state index contributed by atoms with van der Waals surface area (Å²) in [5.41, 5.74) is 1.43. The van der Waals surface area contributed by atoms with Gasteiger partial charge >= 0.3 is 6.36 Å². The summed E-state index contributed by atoms with van der Waals surface area (Å²) in [4.78, 5) is 1.96. The largest absolute Gasteiger partial charge is 0.573 e. The van der Waals surface area contributed by atoms with Crippen LogP contribution in [0, 0.1) is 0 Å². The van der Waals surface area contributed by atoms with Gasteiger partial charge < -0.3 is 9.64 Å². The van der Waals surface area contributed by atoms with Gasteiger partial charge in [0.05, 0.1) is 5.69 Å². The van der Waals surface area contributed by atoms with Gasteiger partial charge in [-0.15, -0.1) is 13.2 Å². The number of halogens is 3. The van der Waals surface area contributed by atoms with E-state index in [2.05, 4.69) is 4.74 Å². The zero-order valence-corrected chi connectivity index (χ0v) is 11.8. The van der Waals surface area contributed by atoms with Crippen LogP contribution < -0.4 is 9.64 Å². The first-order valence-corrected chi connectivity index (χ1v) is 7.05. The molecule has 1 saturated heterocycles. The van der Waals surface area contributed by atoms with E-state index >= 15 is 0 Å². The summed E-state index contributed by atoms with van der Waals surface area (Å²) < 4.78 is 42.0. The topological polar surface area (TPSA) is 12.5 Å². The Morgan fingerprint density at radius 2 is 1.90 bits per heavy atom. The third-order valence-corrected chi connectivity index (χ3v) is 3.84. The van der Waals surface area contributed by atoms with Gasteiger partial charge in [0.15, 0.2) is 5.75 Å². The predicted octanol–water partition coefficient (Wildman–Crippen LogP) is 4.70. The highest BCUT2D eigenvalue weighted by atomic mass is 19.4. The second kappa shape index (κ2) is 5.94. The molecular formula is C15H20F3NO. The number of rotatable bonds is 4. The quantitative estimate of drug-likeness (QED) is 0.796. The molecule has 1 aromatic rings.